The molecule has 2 aromatic carbocycles. The molecule has 1 unspecified atom stereocenters. The fourth-order valence-corrected chi connectivity index (χ4v) is 3.54. The topological polar surface area (TPSA) is 27.3 Å². The van der Waals surface area contributed by atoms with Crippen molar-refractivity contribution in [3.8, 4) is 0 Å². The first-order valence-electron chi connectivity index (χ1n) is 9.02. The van der Waals surface area contributed by atoms with Gasteiger partial charge in [0.15, 0.2) is 5.11 Å². The van der Waals surface area contributed by atoms with Gasteiger partial charge in [-0.2, -0.15) is 0 Å². The van der Waals surface area contributed by atoms with Crippen molar-refractivity contribution in [3.63, 3.8) is 0 Å². The monoisotopic (exact) mass is 353 g/mol. The van der Waals surface area contributed by atoms with Gasteiger partial charge in [0.05, 0.1) is 6.04 Å². The van der Waals surface area contributed by atoms with Crippen LogP contribution in [0.15, 0.2) is 42.5 Å². The maximum absolute atomic E-state index is 5.50. The van der Waals surface area contributed by atoms with Crippen molar-refractivity contribution in [2.45, 2.75) is 39.7 Å². The minimum atomic E-state index is 0.165. The molecule has 25 heavy (non-hydrogen) atoms. The van der Waals surface area contributed by atoms with E-state index >= 15 is 0 Å². The Morgan fingerprint density at radius 2 is 1.72 bits per heavy atom. The van der Waals surface area contributed by atoms with Gasteiger partial charge in [0, 0.05) is 24.5 Å². The minimum absolute atomic E-state index is 0.165. The number of benzene rings is 2. The number of hydrogen-bond donors (Lipinski definition) is 2. The molecule has 0 amide bonds. The van der Waals surface area contributed by atoms with Crippen molar-refractivity contribution in [1.29, 1.82) is 0 Å². The van der Waals surface area contributed by atoms with Gasteiger partial charge in [0.1, 0.15) is 0 Å². The predicted octanol–water partition coefficient (Wildman–Crippen LogP) is 4.95. The molecule has 3 rings (SSSR count). The van der Waals surface area contributed by atoms with Gasteiger partial charge < -0.3 is 15.5 Å². The van der Waals surface area contributed by atoms with E-state index in [9.17, 15) is 0 Å². The summed E-state index contributed by atoms with van der Waals surface area (Å²) in [5, 5.41) is 7.36. The summed E-state index contributed by atoms with van der Waals surface area (Å²) in [5.74, 6) is 0. The summed E-state index contributed by atoms with van der Waals surface area (Å²) in [4.78, 5) is 2.45. The molecule has 132 valence electrons. The average molecular weight is 354 g/mol. The van der Waals surface area contributed by atoms with Crippen LogP contribution in [0.25, 0.3) is 0 Å². The normalized spacial score (nSPS) is 15.1. The molecule has 0 bridgehead atoms. The van der Waals surface area contributed by atoms with E-state index in [0.717, 1.165) is 5.69 Å². The minimum Gasteiger partial charge on any atom is -0.372 e. The summed E-state index contributed by atoms with van der Waals surface area (Å²) in [6.07, 6.45) is 2.61. The Hall–Kier alpha value is -2.07. The second-order valence-corrected chi connectivity index (χ2v) is 7.33. The van der Waals surface area contributed by atoms with E-state index in [4.69, 9.17) is 12.2 Å². The third-order valence-corrected chi connectivity index (χ3v) is 5.07. The number of nitrogens with one attached hydrogen (secondary N) is 2. The van der Waals surface area contributed by atoms with Gasteiger partial charge in [-0.05, 0) is 80.7 Å². The first-order chi connectivity index (χ1) is 12.0. The highest BCUT2D eigenvalue weighted by Gasteiger charge is 2.13. The van der Waals surface area contributed by atoms with Crippen LogP contribution in [0.2, 0.25) is 0 Å². The van der Waals surface area contributed by atoms with E-state index in [2.05, 4.69) is 78.8 Å². The largest absolute Gasteiger partial charge is 0.372 e. The molecule has 1 saturated heterocycles. The first-order valence-corrected chi connectivity index (χ1v) is 9.43. The summed E-state index contributed by atoms with van der Waals surface area (Å²) in [5.41, 5.74) is 6.05. The van der Waals surface area contributed by atoms with Gasteiger partial charge in [-0.3, -0.25) is 0 Å². The third-order valence-electron chi connectivity index (χ3n) is 4.85. The molecule has 1 atom stereocenters. The summed E-state index contributed by atoms with van der Waals surface area (Å²) in [6, 6.07) is 15.4. The molecule has 0 spiro atoms. The summed E-state index contributed by atoms with van der Waals surface area (Å²) in [6.45, 7) is 8.67. The van der Waals surface area contributed by atoms with Crippen molar-refractivity contribution in [2.75, 3.05) is 23.3 Å². The van der Waals surface area contributed by atoms with Gasteiger partial charge in [0.2, 0.25) is 0 Å². The van der Waals surface area contributed by atoms with E-state index in [-0.39, 0.29) is 6.04 Å². The highest BCUT2D eigenvalue weighted by atomic mass is 32.1. The second kappa shape index (κ2) is 7.87. The van der Waals surface area contributed by atoms with Gasteiger partial charge in [0.25, 0.3) is 0 Å². The Morgan fingerprint density at radius 1 is 1.04 bits per heavy atom. The molecule has 0 saturated carbocycles. The van der Waals surface area contributed by atoms with Gasteiger partial charge in [-0.15, -0.1) is 0 Å². The Balaban J connectivity index is 1.60. The Morgan fingerprint density at radius 3 is 2.40 bits per heavy atom. The highest BCUT2D eigenvalue weighted by molar-refractivity contribution is 7.80. The molecule has 1 aliphatic rings. The maximum Gasteiger partial charge on any atom is 0.171 e. The lowest BCUT2D eigenvalue weighted by Crippen LogP contribution is -2.31. The standard InChI is InChI=1S/C21H27N3S/c1-15-6-7-16(2)20(14-15)23-21(25)22-17(3)18-8-10-19(11-9-18)24-12-4-5-13-24/h6-11,14,17H,4-5,12-13H2,1-3H3,(H2,22,23,25). The number of thiocarbonyl (C=S) groups is 1. The van der Waals surface area contributed by atoms with Crippen LogP contribution < -0.4 is 15.5 Å². The van der Waals surface area contributed by atoms with Gasteiger partial charge in [-0.25, -0.2) is 0 Å². The molecular formula is C21H27N3S. The van der Waals surface area contributed by atoms with E-state index < -0.39 is 0 Å². The van der Waals surface area contributed by atoms with Crippen molar-refractivity contribution in [3.05, 3.63) is 59.2 Å². The van der Waals surface area contributed by atoms with Crippen molar-refractivity contribution < 1.29 is 0 Å². The molecule has 1 aliphatic heterocycles. The molecule has 1 heterocycles. The third kappa shape index (κ3) is 4.51. The number of hydrogen-bond acceptors (Lipinski definition) is 2. The fourth-order valence-electron chi connectivity index (χ4n) is 3.26. The lowest BCUT2D eigenvalue weighted by molar-refractivity contribution is 0.722. The van der Waals surface area contributed by atoms with Crippen molar-refractivity contribution in [1.82, 2.24) is 5.32 Å². The maximum atomic E-state index is 5.50. The number of aryl methyl sites for hydroxylation is 2. The molecule has 0 aliphatic carbocycles. The van der Waals surface area contributed by atoms with Crippen molar-refractivity contribution >= 4 is 28.7 Å². The SMILES string of the molecule is Cc1ccc(C)c(NC(=S)NC(C)c2ccc(N3CCCC3)cc2)c1. The van der Waals surface area contributed by atoms with Crippen molar-refractivity contribution in [2.24, 2.45) is 0 Å². The molecule has 3 nitrogen and oxygen atoms in total. The number of nitrogens with zero attached hydrogens (tertiary/aromatic N) is 1. The molecule has 2 N–H and O–H groups in total. The van der Waals surface area contributed by atoms with E-state index in [1.54, 1.807) is 0 Å². The molecule has 0 radical (unpaired) electrons. The van der Waals surface area contributed by atoms with Crippen LogP contribution in [0.5, 0.6) is 0 Å². The van der Waals surface area contributed by atoms with Crippen LogP contribution in [0.4, 0.5) is 11.4 Å². The lowest BCUT2D eigenvalue weighted by Gasteiger charge is -2.21. The molecule has 1 fully saturated rings. The average Bonchev–Trinajstić information content (AvgIpc) is 3.13. The highest BCUT2D eigenvalue weighted by Crippen LogP contribution is 2.23. The zero-order valence-electron chi connectivity index (χ0n) is 15.3. The molecule has 2 aromatic rings. The van der Waals surface area contributed by atoms with Crippen LogP contribution in [0.3, 0.4) is 0 Å². The van der Waals surface area contributed by atoms with Gasteiger partial charge >= 0.3 is 0 Å². The van der Waals surface area contributed by atoms with Crippen LogP contribution >= 0.6 is 12.2 Å². The Bertz CT molecular complexity index is 733. The summed E-state index contributed by atoms with van der Waals surface area (Å²) < 4.78 is 0. The Kier molecular flexibility index (Phi) is 5.59. The van der Waals surface area contributed by atoms with Crippen LogP contribution in [0.1, 0.15) is 42.5 Å². The fraction of sp³-hybridized carbons (Fsp3) is 0.381. The zero-order valence-corrected chi connectivity index (χ0v) is 16.1. The van der Waals surface area contributed by atoms with Crippen LogP contribution in [-0.4, -0.2) is 18.2 Å². The zero-order chi connectivity index (χ0) is 17.8. The number of rotatable bonds is 4. The first kappa shape index (κ1) is 17.7. The molecule has 4 heteroatoms. The quantitative estimate of drug-likeness (QED) is 0.761. The Labute approximate surface area is 156 Å². The van der Waals surface area contributed by atoms with E-state index in [1.165, 1.54) is 48.3 Å². The van der Waals surface area contributed by atoms with Crippen LogP contribution in [-0.2, 0) is 0 Å². The van der Waals surface area contributed by atoms with Gasteiger partial charge in [-0.1, -0.05) is 24.3 Å². The van der Waals surface area contributed by atoms with E-state index in [1.807, 2.05) is 0 Å². The molecule has 0 aromatic heterocycles. The predicted molar refractivity (Wildman–Crippen MR) is 112 cm³/mol. The lowest BCUT2D eigenvalue weighted by atomic mass is 10.1. The molecular weight excluding hydrogens is 326 g/mol. The van der Waals surface area contributed by atoms with Crippen LogP contribution in [0, 0.1) is 13.8 Å². The smallest absolute Gasteiger partial charge is 0.171 e. The van der Waals surface area contributed by atoms with E-state index in [0.29, 0.717) is 5.11 Å². The summed E-state index contributed by atoms with van der Waals surface area (Å²) in [7, 11) is 0. The second-order valence-electron chi connectivity index (χ2n) is 6.92. The summed E-state index contributed by atoms with van der Waals surface area (Å²) >= 11 is 5.50. The number of anilines is 2.